The number of amides is 1. The van der Waals surface area contributed by atoms with Crippen molar-refractivity contribution in [3.8, 4) is 11.5 Å². The first-order valence-electron chi connectivity index (χ1n) is 9.16. The fourth-order valence-corrected chi connectivity index (χ4v) is 3.68. The van der Waals surface area contributed by atoms with E-state index in [0.29, 0.717) is 22.9 Å². The molecular formula is C20H21N3O5. The molecule has 2 aliphatic rings. The van der Waals surface area contributed by atoms with Gasteiger partial charge in [0.25, 0.3) is 17.4 Å². The van der Waals surface area contributed by atoms with Crippen LogP contribution in [0.15, 0.2) is 36.4 Å². The van der Waals surface area contributed by atoms with E-state index in [1.54, 1.807) is 49.3 Å². The summed E-state index contributed by atoms with van der Waals surface area (Å²) in [7, 11) is 3.43. The van der Waals surface area contributed by atoms with Crippen LogP contribution in [-0.2, 0) is 0 Å². The molecule has 2 aromatic rings. The molecule has 0 unspecified atom stereocenters. The van der Waals surface area contributed by atoms with Gasteiger partial charge in [0.1, 0.15) is 5.69 Å². The molecule has 1 heterocycles. The van der Waals surface area contributed by atoms with E-state index in [1.807, 2.05) is 0 Å². The summed E-state index contributed by atoms with van der Waals surface area (Å²) in [5.41, 5.74) is 1.07. The van der Waals surface area contributed by atoms with Crippen LogP contribution in [0.4, 0.5) is 17.1 Å². The van der Waals surface area contributed by atoms with Crippen LogP contribution < -0.4 is 19.7 Å². The van der Waals surface area contributed by atoms with E-state index in [0.717, 1.165) is 25.7 Å². The first kappa shape index (κ1) is 18.1. The second-order valence-corrected chi connectivity index (χ2v) is 7.29. The number of carbonyl (C=O) groups is 1. The minimum Gasteiger partial charge on any atom is -0.448 e. The third kappa shape index (κ3) is 3.21. The molecule has 1 amide bonds. The van der Waals surface area contributed by atoms with E-state index in [-0.39, 0.29) is 11.3 Å². The molecule has 0 saturated heterocycles. The van der Waals surface area contributed by atoms with Crippen molar-refractivity contribution in [1.29, 1.82) is 0 Å². The summed E-state index contributed by atoms with van der Waals surface area (Å²) in [6.45, 7) is 0. The van der Waals surface area contributed by atoms with Crippen molar-refractivity contribution in [3.05, 3.63) is 52.1 Å². The van der Waals surface area contributed by atoms with Gasteiger partial charge in [-0.25, -0.2) is 0 Å². The van der Waals surface area contributed by atoms with Gasteiger partial charge in [0.15, 0.2) is 11.5 Å². The molecule has 1 aliphatic carbocycles. The summed E-state index contributed by atoms with van der Waals surface area (Å²) >= 11 is 0. The Morgan fingerprint density at radius 3 is 2.50 bits per heavy atom. The van der Waals surface area contributed by atoms with E-state index in [4.69, 9.17) is 9.47 Å². The second-order valence-electron chi connectivity index (χ2n) is 7.29. The molecule has 2 aromatic carbocycles. The molecule has 0 aromatic heterocycles. The van der Waals surface area contributed by atoms with E-state index in [1.165, 1.54) is 6.07 Å². The minimum atomic E-state index is -0.562. The Morgan fingerprint density at radius 2 is 1.82 bits per heavy atom. The van der Waals surface area contributed by atoms with Gasteiger partial charge in [-0.05, 0) is 37.1 Å². The fourth-order valence-electron chi connectivity index (χ4n) is 3.68. The monoisotopic (exact) mass is 383 g/mol. The summed E-state index contributed by atoms with van der Waals surface area (Å²) in [5, 5.41) is 14.1. The highest BCUT2D eigenvalue weighted by molar-refractivity contribution is 6.05. The summed E-state index contributed by atoms with van der Waals surface area (Å²) in [5.74, 6) is 0.287. The van der Waals surface area contributed by atoms with E-state index in [9.17, 15) is 14.9 Å². The predicted molar refractivity (Wildman–Crippen MR) is 104 cm³/mol. The highest BCUT2D eigenvalue weighted by Gasteiger charge is 2.44. The van der Waals surface area contributed by atoms with Crippen LogP contribution in [0.3, 0.4) is 0 Å². The van der Waals surface area contributed by atoms with E-state index >= 15 is 0 Å². The molecular weight excluding hydrogens is 362 g/mol. The van der Waals surface area contributed by atoms with Crippen molar-refractivity contribution < 1.29 is 19.2 Å². The van der Waals surface area contributed by atoms with Gasteiger partial charge in [0.05, 0.1) is 4.92 Å². The highest BCUT2D eigenvalue weighted by Crippen LogP contribution is 2.47. The molecule has 1 N–H and O–H groups in total. The summed E-state index contributed by atoms with van der Waals surface area (Å²) in [6.07, 6.45) is 3.84. The lowest BCUT2D eigenvalue weighted by molar-refractivity contribution is -0.384. The second kappa shape index (κ2) is 6.70. The average molecular weight is 383 g/mol. The SMILES string of the molecule is CN(C)c1ccc(C(=O)Nc2ccc3c(c2)OC2(CCCC2)O3)cc1[N+](=O)[O-]. The third-order valence-electron chi connectivity index (χ3n) is 5.07. The zero-order valence-corrected chi connectivity index (χ0v) is 15.7. The number of nitrogens with zero attached hydrogens (tertiary/aromatic N) is 2. The maximum absolute atomic E-state index is 12.6. The van der Waals surface area contributed by atoms with Gasteiger partial charge in [0, 0.05) is 50.3 Å². The van der Waals surface area contributed by atoms with Crippen LogP contribution in [0.25, 0.3) is 0 Å². The molecule has 8 heteroatoms. The van der Waals surface area contributed by atoms with Crippen LogP contribution in [0.2, 0.25) is 0 Å². The number of nitro groups is 1. The summed E-state index contributed by atoms with van der Waals surface area (Å²) < 4.78 is 12.0. The summed E-state index contributed by atoms with van der Waals surface area (Å²) in [4.78, 5) is 25.1. The largest absolute Gasteiger partial charge is 0.448 e. The topological polar surface area (TPSA) is 93.9 Å². The number of hydrogen-bond acceptors (Lipinski definition) is 6. The maximum atomic E-state index is 12.6. The molecule has 1 aliphatic heterocycles. The molecule has 4 rings (SSSR count). The van der Waals surface area contributed by atoms with Crippen LogP contribution >= 0.6 is 0 Å². The Balaban J connectivity index is 1.54. The van der Waals surface area contributed by atoms with Gasteiger partial charge in [-0.3, -0.25) is 14.9 Å². The molecule has 1 saturated carbocycles. The molecule has 0 radical (unpaired) electrons. The van der Waals surface area contributed by atoms with Crippen LogP contribution in [0, 0.1) is 10.1 Å². The van der Waals surface area contributed by atoms with E-state index in [2.05, 4.69) is 5.32 Å². The number of benzene rings is 2. The first-order chi connectivity index (χ1) is 13.4. The maximum Gasteiger partial charge on any atom is 0.293 e. The molecule has 146 valence electrons. The zero-order valence-electron chi connectivity index (χ0n) is 15.7. The number of ether oxygens (including phenoxy) is 2. The van der Waals surface area contributed by atoms with Gasteiger partial charge in [-0.1, -0.05) is 0 Å². The van der Waals surface area contributed by atoms with Crippen molar-refractivity contribution in [1.82, 2.24) is 0 Å². The molecule has 8 nitrogen and oxygen atoms in total. The normalized spacial score (nSPS) is 16.2. The molecule has 0 bridgehead atoms. The number of hydrogen-bond donors (Lipinski definition) is 1. The minimum absolute atomic E-state index is 0.119. The first-order valence-corrected chi connectivity index (χ1v) is 9.16. The Bertz CT molecular complexity index is 951. The Hall–Kier alpha value is -3.29. The lowest BCUT2D eigenvalue weighted by Crippen LogP contribution is -2.34. The number of nitrogens with one attached hydrogen (secondary N) is 1. The van der Waals surface area contributed by atoms with Crippen molar-refractivity contribution in [2.75, 3.05) is 24.3 Å². The van der Waals surface area contributed by atoms with Crippen LogP contribution in [0.1, 0.15) is 36.0 Å². The van der Waals surface area contributed by atoms with Crippen LogP contribution in [0.5, 0.6) is 11.5 Å². The van der Waals surface area contributed by atoms with Gasteiger partial charge in [-0.2, -0.15) is 0 Å². The average Bonchev–Trinajstić information content (AvgIpc) is 3.26. The van der Waals surface area contributed by atoms with Gasteiger partial charge in [0.2, 0.25) is 0 Å². The molecule has 28 heavy (non-hydrogen) atoms. The lowest BCUT2D eigenvalue weighted by atomic mass is 10.1. The van der Waals surface area contributed by atoms with Gasteiger partial charge >= 0.3 is 0 Å². The number of fused-ring (bicyclic) bond motifs is 1. The van der Waals surface area contributed by atoms with E-state index < -0.39 is 16.6 Å². The lowest BCUT2D eigenvalue weighted by Gasteiger charge is -2.21. The zero-order chi connectivity index (χ0) is 19.9. The smallest absolute Gasteiger partial charge is 0.293 e. The Kier molecular flexibility index (Phi) is 4.33. The molecule has 1 spiro atoms. The standard InChI is InChI=1S/C20H21N3O5/c1-22(2)15-7-5-13(11-16(15)23(25)26)19(24)21-14-6-8-17-18(12-14)28-20(27-17)9-3-4-10-20/h5-8,11-12H,3-4,9-10H2,1-2H3,(H,21,24). The molecule has 0 atom stereocenters. The van der Waals surface area contributed by atoms with Crippen molar-refractivity contribution in [3.63, 3.8) is 0 Å². The van der Waals surface area contributed by atoms with Crippen molar-refractivity contribution in [2.45, 2.75) is 31.5 Å². The number of rotatable bonds is 4. The Morgan fingerprint density at radius 1 is 1.11 bits per heavy atom. The number of carbonyl (C=O) groups excluding carboxylic acids is 1. The van der Waals surface area contributed by atoms with Gasteiger partial charge in [-0.15, -0.1) is 0 Å². The Labute approximate surface area is 162 Å². The highest BCUT2D eigenvalue weighted by atomic mass is 16.7. The van der Waals surface area contributed by atoms with Crippen molar-refractivity contribution in [2.24, 2.45) is 0 Å². The third-order valence-corrected chi connectivity index (χ3v) is 5.07. The summed E-state index contributed by atoms with van der Waals surface area (Å²) in [6, 6.07) is 9.65. The fraction of sp³-hybridized carbons (Fsp3) is 0.350. The van der Waals surface area contributed by atoms with Gasteiger partial charge < -0.3 is 19.7 Å². The number of anilines is 2. The van der Waals surface area contributed by atoms with Crippen molar-refractivity contribution >= 4 is 23.0 Å². The quantitative estimate of drug-likeness (QED) is 0.634. The number of nitro benzene ring substituents is 1. The predicted octanol–water partition coefficient (Wildman–Crippen LogP) is 3.95. The van der Waals surface area contributed by atoms with Crippen LogP contribution in [-0.4, -0.2) is 30.7 Å². The molecule has 1 fully saturated rings.